The van der Waals surface area contributed by atoms with Gasteiger partial charge >= 0.3 is 0 Å². The van der Waals surface area contributed by atoms with E-state index >= 15 is 0 Å². The normalized spacial score (nSPS) is 26.0. The summed E-state index contributed by atoms with van der Waals surface area (Å²) < 4.78 is 1.07. The number of fused-ring (bicyclic) bond motifs is 1. The van der Waals surface area contributed by atoms with Gasteiger partial charge in [-0.1, -0.05) is 47.8 Å². The molecule has 3 nitrogen and oxygen atoms in total. The van der Waals surface area contributed by atoms with Crippen molar-refractivity contribution in [2.75, 3.05) is 11.9 Å². The van der Waals surface area contributed by atoms with Gasteiger partial charge in [-0.15, -0.1) is 0 Å². The van der Waals surface area contributed by atoms with Crippen LogP contribution in [-0.2, 0) is 0 Å². The van der Waals surface area contributed by atoms with Crippen LogP contribution in [0.15, 0.2) is 34.9 Å². The van der Waals surface area contributed by atoms with E-state index < -0.39 is 5.60 Å². The van der Waals surface area contributed by atoms with E-state index in [0.717, 1.165) is 40.3 Å². The first-order valence-corrected chi connectivity index (χ1v) is 8.36. The van der Waals surface area contributed by atoms with Gasteiger partial charge in [0.1, 0.15) is 5.82 Å². The number of hydrogen-bond acceptors (Lipinski definition) is 3. The van der Waals surface area contributed by atoms with Crippen molar-refractivity contribution in [2.45, 2.75) is 38.2 Å². The van der Waals surface area contributed by atoms with Crippen molar-refractivity contribution < 1.29 is 5.11 Å². The SMILES string of the molecule is CC1CCCC(O)(CNc2nccc3c(Br)cccc23)C1. The fraction of sp³-hybridized carbons (Fsp3) is 0.471. The fourth-order valence-corrected chi connectivity index (χ4v) is 3.85. The van der Waals surface area contributed by atoms with Crippen LogP contribution in [-0.4, -0.2) is 22.2 Å². The van der Waals surface area contributed by atoms with Gasteiger partial charge in [-0.3, -0.25) is 0 Å². The van der Waals surface area contributed by atoms with Gasteiger partial charge in [0, 0.05) is 28.0 Å². The number of nitrogens with one attached hydrogen (secondary N) is 1. The second kappa shape index (κ2) is 5.93. The van der Waals surface area contributed by atoms with Crippen molar-refractivity contribution in [3.05, 3.63) is 34.9 Å². The van der Waals surface area contributed by atoms with Crippen LogP contribution in [0.1, 0.15) is 32.6 Å². The molecule has 0 radical (unpaired) electrons. The highest BCUT2D eigenvalue weighted by Gasteiger charge is 2.32. The van der Waals surface area contributed by atoms with Crippen molar-refractivity contribution in [1.29, 1.82) is 0 Å². The van der Waals surface area contributed by atoms with Crippen molar-refractivity contribution in [3.8, 4) is 0 Å². The lowest BCUT2D eigenvalue weighted by molar-refractivity contribution is -0.000800. The predicted molar refractivity (Wildman–Crippen MR) is 90.5 cm³/mol. The highest BCUT2D eigenvalue weighted by atomic mass is 79.9. The Balaban J connectivity index is 1.81. The molecule has 2 atom stereocenters. The third kappa shape index (κ3) is 3.22. The first-order valence-electron chi connectivity index (χ1n) is 7.57. The maximum atomic E-state index is 10.7. The second-order valence-corrected chi connectivity index (χ2v) is 7.13. The van der Waals surface area contributed by atoms with Gasteiger partial charge in [-0.2, -0.15) is 0 Å². The molecule has 112 valence electrons. The van der Waals surface area contributed by atoms with E-state index in [4.69, 9.17) is 0 Å². The van der Waals surface area contributed by atoms with Crippen LogP contribution in [0, 0.1) is 5.92 Å². The van der Waals surface area contributed by atoms with E-state index in [-0.39, 0.29) is 0 Å². The monoisotopic (exact) mass is 348 g/mol. The van der Waals surface area contributed by atoms with Gasteiger partial charge < -0.3 is 10.4 Å². The van der Waals surface area contributed by atoms with E-state index in [1.54, 1.807) is 0 Å². The minimum atomic E-state index is -0.604. The molecular weight excluding hydrogens is 328 g/mol. The molecular formula is C17H21BrN2O. The molecule has 0 spiro atoms. The molecule has 0 aliphatic heterocycles. The second-order valence-electron chi connectivity index (χ2n) is 6.27. The Morgan fingerprint density at radius 1 is 1.38 bits per heavy atom. The number of nitrogens with zero attached hydrogens (tertiary/aromatic N) is 1. The largest absolute Gasteiger partial charge is 0.388 e. The molecule has 1 aliphatic carbocycles. The fourth-order valence-electron chi connectivity index (χ4n) is 3.35. The molecule has 1 aromatic carbocycles. The summed E-state index contributed by atoms with van der Waals surface area (Å²) in [6.07, 6.45) is 5.88. The Kier molecular flexibility index (Phi) is 4.18. The van der Waals surface area contributed by atoms with Crippen LogP contribution >= 0.6 is 15.9 Å². The Hall–Kier alpha value is -1.13. The van der Waals surface area contributed by atoms with Crippen molar-refractivity contribution >= 4 is 32.5 Å². The zero-order valence-corrected chi connectivity index (χ0v) is 13.9. The van der Waals surface area contributed by atoms with Gasteiger partial charge in [0.05, 0.1) is 5.60 Å². The molecule has 1 aromatic heterocycles. The molecule has 2 aromatic rings. The Labute approximate surface area is 133 Å². The summed E-state index contributed by atoms with van der Waals surface area (Å²) in [7, 11) is 0. The molecule has 1 heterocycles. The predicted octanol–water partition coefficient (Wildman–Crippen LogP) is 4.35. The number of anilines is 1. The molecule has 0 saturated heterocycles. The average molecular weight is 349 g/mol. The summed E-state index contributed by atoms with van der Waals surface area (Å²) >= 11 is 3.57. The Morgan fingerprint density at radius 3 is 3.05 bits per heavy atom. The first kappa shape index (κ1) is 14.8. The quantitative estimate of drug-likeness (QED) is 0.866. The number of halogens is 1. The lowest BCUT2D eigenvalue weighted by Gasteiger charge is -2.35. The lowest BCUT2D eigenvalue weighted by Crippen LogP contribution is -2.41. The van der Waals surface area contributed by atoms with Gasteiger partial charge in [-0.25, -0.2) is 4.98 Å². The molecule has 0 bridgehead atoms. The smallest absolute Gasteiger partial charge is 0.133 e. The van der Waals surface area contributed by atoms with E-state index in [2.05, 4.69) is 39.2 Å². The minimum absolute atomic E-state index is 0.565. The average Bonchev–Trinajstić information content (AvgIpc) is 2.45. The molecule has 1 saturated carbocycles. The molecule has 2 unspecified atom stereocenters. The Morgan fingerprint density at radius 2 is 2.24 bits per heavy atom. The molecule has 2 N–H and O–H groups in total. The third-order valence-corrected chi connectivity index (χ3v) is 5.10. The highest BCUT2D eigenvalue weighted by Crippen LogP contribution is 2.33. The topological polar surface area (TPSA) is 45.1 Å². The molecule has 4 heteroatoms. The standard InChI is InChI=1S/C17H21BrN2O/c1-12-4-3-8-17(21,10-12)11-20-16-14-5-2-6-15(18)13(14)7-9-19-16/h2,5-7,9,12,21H,3-4,8,10-11H2,1H3,(H,19,20). The number of aromatic nitrogens is 1. The van der Waals surface area contributed by atoms with Crippen LogP contribution in [0.2, 0.25) is 0 Å². The Bertz CT molecular complexity index is 646. The van der Waals surface area contributed by atoms with Crippen LogP contribution in [0.25, 0.3) is 10.8 Å². The summed E-state index contributed by atoms with van der Waals surface area (Å²) in [5, 5.41) is 16.3. The summed E-state index contributed by atoms with van der Waals surface area (Å²) in [6.45, 7) is 2.79. The summed E-state index contributed by atoms with van der Waals surface area (Å²) in [4.78, 5) is 4.44. The van der Waals surface area contributed by atoms with Crippen LogP contribution in [0.4, 0.5) is 5.82 Å². The van der Waals surface area contributed by atoms with E-state index in [0.29, 0.717) is 12.5 Å². The molecule has 21 heavy (non-hydrogen) atoms. The number of benzene rings is 1. The molecule has 1 aliphatic rings. The van der Waals surface area contributed by atoms with Gasteiger partial charge in [0.2, 0.25) is 0 Å². The van der Waals surface area contributed by atoms with E-state index in [1.807, 2.05) is 24.4 Å². The molecule has 0 amide bonds. The van der Waals surface area contributed by atoms with Gasteiger partial charge in [0.15, 0.2) is 0 Å². The van der Waals surface area contributed by atoms with Crippen molar-refractivity contribution in [3.63, 3.8) is 0 Å². The molecule has 1 fully saturated rings. The number of aliphatic hydroxyl groups is 1. The maximum absolute atomic E-state index is 10.7. The zero-order valence-electron chi connectivity index (χ0n) is 12.3. The minimum Gasteiger partial charge on any atom is -0.388 e. The van der Waals surface area contributed by atoms with E-state index in [9.17, 15) is 5.11 Å². The van der Waals surface area contributed by atoms with Crippen LogP contribution < -0.4 is 5.32 Å². The van der Waals surface area contributed by atoms with Crippen molar-refractivity contribution in [1.82, 2.24) is 4.98 Å². The number of rotatable bonds is 3. The summed E-state index contributed by atoms with van der Waals surface area (Å²) in [6, 6.07) is 8.10. The highest BCUT2D eigenvalue weighted by molar-refractivity contribution is 9.10. The van der Waals surface area contributed by atoms with Crippen LogP contribution in [0.5, 0.6) is 0 Å². The van der Waals surface area contributed by atoms with Gasteiger partial charge in [0.25, 0.3) is 0 Å². The maximum Gasteiger partial charge on any atom is 0.133 e. The zero-order chi connectivity index (χ0) is 14.9. The number of hydrogen-bond donors (Lipinski definition) is 2. The lowest BCUT2D eigenvalue weighted by atomic mass is 9.79. The summed E-state index contributed by atoms with van der Waals surface area (Å²) in [5.41, 5.74) is -0.604. The first-order chi connectivity index (χ1) is 10.1. The summed E-state index contributed by atoms with van der Waals surface area (Å²) in [5.74, 6) is 1.45. The van der Waals surface area contributed by atoms with Gasteiger partial charge in [-0.05, 0) is 30.9 Å². The molecule has 3 rings (SSSR count). The third-order valence-electron chi connectivity index (χ3n) is 4.41. The van der Waals surface area contributed by atoms with E-state index in [1.165, 1.54) is 6.42 Å². The van der Waals surface area contributed by atoms with Crippen LogP contribution in [0.3, 0.4) is 0 Å². The number of pyridine rings is 1. The van der Waals surface area contributed by atoms with Crippen molar-refractivity contribution in [2.24, 2.45) is 5.92 Å².